The maximum absolute atomic E-state index is 2.49. The monoisotopic (exact) mass is 470 g/mol. The summed E-state index contributed by atoms with van der Waals surface area (Å²) < 4.78 is 0. The lowest BCUT2D eigenvalue weighted by Crippen LogP contribution is -2.13. The van der Waals surface area contributed by atoms with E-state index in [2.05, 4.69) is 68.5 Å². The van der Waals surface area contributed by atoms with Gasteiger partial charge in [0, 0.05) is 0 Å². The zero-order valence-corrected chi connectivity index (χ0v) is 22.7. The number of hydrogen-bond acceptors (Lipinski definition) is 0. The Morgan fingerprint density at radius 3 is 1.80 bits per heavy atom. The Kier molecular flexibility index (Phi) is 10.5. The van der Waals surface area contributed by atoms with Crippen LogP contribution in [0.2, 0.25) is 0 Å². The van der Waals surface area contributed by atoms with Crippen LogP contribution in [0.3, 0.4) is 0 Å². The summed E-state index contributed by atoms with van der Waals surface area (Å²) in [6.07, 6.45) is 24.9. The summed E-state index contributed by atoms with van der Waals surface area (Å²) in [7, 11) is 0. The second-order valence-electron chi connectivity index (χ2n) is 11.6. The minimum absolute atomic E-state index is 0.780. The average Bonchev–Trinajstić information content (AvgIpc) is 2.93. The summed E-state index contributed by atoms with van der Waals surface area (Å²) in [6.45, 7) is 4.63. The lowest BCUT2D eigenvalue weighted by Gasteiger charge is -2.29. The molecule has 1 atom stereocenters. The fourth-order valence-electron chi connectivity index (χ4n) is 6.52. The Morgan fingerprint density at radius 2 is 1.20 bits per heavy atom. The molecule has 0 radical (unpaired) electrons. The van der Waals surface area contributed by atoms with Crippen LogP contribution in [0.5, 0.6) is 0 Å². The molecule has 1 unspecified atom stereocenters. The highest BCUT2D eigenvalue weighted by Gasteiger charge is 2.22. The van der Waals surface area contributed by atoms with Gasteiger partial charge in [-0.15, -0.1) is 0 Å². The normalized spacial score (nSPS) is 22.7. The lowest BCUT2D eigenvalue weighted by molar-refractivity contribution is 0.302. The first-order valence-corrected chi connectivity index (χ1v) is 15.2. The molecule has 190 valence electrons. The van der Waals surface area contributed by atoms with E-state index in [1.807, 2.05) is 0 Å². The maximum atomic E-state index is 2.49. The highest BCUT2D eigenvalue weighted by molar-refractivity contribution is 5.71. The van der Waals surface area contributed by atoms with Gasteiger partial charge in [0.05, 0.1) is 0 Å². The van der Waals surface area contributed by atoms with E-state index < -0.39 is 0 Å². The zero-order valence-electron chi connectivity index (χ0n) is 22.7. The van der Waals surface area contributed by atoms with Crippen LogP contribution >= 0.6 is 0 Å². The molecule has 0 amide bonds. The molecule has 0 aliphatic heterocycles. The van der Waals surface area contributed by atoms with Crippen LogP contribution in [-0.2, 0) is 0 Å². The van der Waals surface area contributed by atoms with Gasteiger partial charge in [0.25, 0.3) is 0 Å². The third-order valence-electron chi connectivity index (χ3n) is 9.13. The van der Waals surface area contributed by atoms with Crippen molar-refractivity contribution >= 4 is 5.57 Å². The fraction of sp³-hybridized carbons (Fsp3) is 0.600. The first-order chi connectivity index (χ1) is 17.3. The largest absolute Gasteiger partial charge is 0.0804 e. The van der Waals surface area contributed by atoms with Crippen LogP contribution in [0.1, 0.15) is 134 Å². The SMILES string of the molecule is CCCCCCCCC[C@H]1CC[C@H](c2ccc(-c3ccc(C4=CCC(CC)CC4)cc3)cc2)CC1. The van der Waals surface area contributed by atoms with Gasteiger partial charge in [-0.3, -0.25) is 0 Å². The molecule has 2 aromatic rings. The van der Waals surface area contributed by atoms with E-state index in [9.17, 15) is 0 Å². The second kappa shape index (κ2) is 14.1. The van der Waals surface area contributed by atoms with Crippen molar-refractivity contribution < 1.29 is 0 Å². The highest BCUT2D eigenvalue weighted by atomic mass is 14.3. The van der Waals surface area contributed by atoms with E-state index in [-0.39, 0.29) is 0 Å². The molecular formula is C35H50. The summed E-state index contributed by atoms with van der Waals surface area (Å²) in [6, 6.07) is 18.9. The molecule has 0 N–H and O–H groups in total. The van der Waals surface area contributed by atoms with Crippen molar-refractivity contribution in [1.82, 2.24) is 0 Å². The Hall–Kier alpha value is -1.82. The third kappa shape index (κ3) is 7.83. The van der Waals surface area contributed by atoms with E-state index in [1.165, 1.54) is 119 Å². The molecule has 0 heteroatoms. The van der Waals surface area contributed by atoms with Crippen molar-refractivity contribution in [3.05, 3.63) is 65.7 Å². The van der Waals surface area contributed by atoms with Gasteiger partial charge in [-0.25, -0.2) is 0 Å². The van der Waals surface area contributed by atoms with Gasteiger partial charge in [-0.1, -0.05) is 126 Å². The number of hydrogen-bond donors (Lipinski definition) is 0. The fourth-order valence-corrected chi connectivity index (χ4v) is 6.52. The van der Waals surface area contributed by atoms with Gasteiger partial charge in [-0.05, 0) is 90.5 Å². The van der Waals surface area contributed by atoms with E-state index in [0.29, 0.717) is 0 Å². The van der Waals surface area contributed by atoms with Crippen molar-refractivity contribution in [2.75, 3.05) is 0 Å². The topological polar surface area (TPSA) is 0 Å². The predicted octanol–water partition coefficient (Wildman–Crippen LogP) is 11.4. The molecule has 0 saturated heterocycles. The molecule has 2 aromatic carbocycles. The minimum Gasteiger partial charge on any atom is -0.0804 e. The van der Waals surface area contributed by atoms with Gasteiger partial charge < -0.3 is 0 Å². The van der Waals surface area contributed by atoms with Crippen LogP contribution in [0, 0.1) is 11.8 Å². The van der Waals surface area contributed by atoms with E-state index in [1.54, 1.807) is 11.1 Å². The minimum atomic E-state index is 0.780. The molecule has 0 bridgehead atoms. The van der Waals surface area contributed by atoms with Crippen LogP contribution in [-0.4, -0.2) is 0 Å². The Bertz CT molecular complexity index is 877. The first-order valence-electron chi connectivity index (χ1n) is 15.2. The molecule has 2 aliphatic carbocycles. The molecule has 2 aliphatic rings. The molecule has 4 rings (SSSR count). The van der Waals surface area contributed by atoms with Gasteiger partial charge >= 0.3 is 0 Å². The molecule has 0 nitrogen and oxygen atoms in total. The van der Waals surface area contributed by atoms with E-state index >= 15 is 0 Å². The molecule has 35 heavy (non-hydrogen) atoms. The number of unbranched alkanes of at least 4 members (excludes halogenated alkanes) is 6. The average molecular weight is 471 g/mol. The third-order valence-corrected chi connectivity index (χ3v) is 9.13. The molecule has 0 spiro atoms. The van der Waals surface area contributed by atoms with Gasteiger partial charge in [0.1, 0.15) is 0 Å². The molecule has 0 heterocycles. The Labute approximate surface area is 216 Å². The smallest absolute Gasteiger partial charge is 0.0162 e. The second-order valence-corrected chi connectivity index (χ2v) is 11.6. The molecule has 0 aromatic heterocycles. The van der Waals surface area contributed by atoms with Crippen molar-refractivity contribution in [2.45, 2.75) is 122 Å². The summed E-state index contributed by atoms with van der Waals surface area (Å²) >= 11 is 0. The van der Waals surface area contributed by atoms with Crippen LogP contribution in [0.15, 0.2) is 54.6 Å². The van der Waals surface area contributed by atoms with E-state index in [0.717, 1.165) is 17.8 Å². The van der Waals surface area contributed by atoms with Gasteiger partial charge in [0.2, 0.25) is 0 Å². The van der Waals surface area contributed by atoms with Crippen molar-refractivity contribution in [1.29, 1.82) is 0 Å². The maximum Gasteiger partial charge on any atom is -0.0162 e. The Balaban J connectivity index is 1.21. The number of benzene rings is 2. The van der Waals surface area contributed by atoms with Crippen LogP contribution < -0.4 is 0 Å². The van der Waals surface area contributed by atoms with Crippen LogP contribution in [0.25, 0.3) is 16.7 Å². The molecule has 1 saturated carbocycles. The number of rotatable bonds is 12. The van der Waals surface area contributed by atoms with Gasteiger partial charge in [-0.2, -0.15) is 0 Å². The summed E-state index contributed by atoms with van der Waals surface area (Å²) in [5.74, 6) is 2.67. The molecular weight excluding hydrogens is 420 g/mol. The standard InChI is InChI=1S/C35H50/c1-3-5-6-7-8-9-10-11-29-14-18-31(19-15-29)33-22-26-35(27-23-33)34-24-20-32(21-25-34)30-16-12-28(4-2)13-17-30/h16,20-29,31H,3-15,17-19H2,1-2H3/t28?,29-,31-. The quantitative estimate of drug-likeness (QED) is 0.270. The van der Waals surface area contributed by atoms with Crippen molar-refractivity contribution in [3.8, 4) is 11.1 Å². The summed E-state index contributed by atoms with van der Waals surface area (Å²) in [5.41, 5.74) is 7.25. The first kappa shape index (κ1) is 26.2. The molecule has 1 fully saturated rings. The number of allylic oxidation sites excluding steroid dienone is 2. The van der Waals surface area contributed by atoms with Crippen molar-refractivity contribution in [3.63, 3.8) is 0 Å². The van der Waals surface area contributed by atoms with E-state index in [4.69, 9.17) is 0 Å². The summed E-state index contributed by atoms with van der Waals surface area (Å²) in [5, 5.41) is 0. The summed E-state index contributed by atoms with van der Waals surface area (Å²) in [4.78, 5) is 0. The lowest BCUT2D eigenvalue weighted by atomic mass is 9.77. The zero-order chi connectivity index (χ0) is 24.3. The highest BCUT2D eigenvalue weighted by Crippen LogP contribution is 2.38. The Morgan fingerprint density at radius 1 is 0.600 bits per heavy atom. The predicted molar refractivity (Wildman–Crippen MR) is 155 cm³/mol. The van der Waals surface area contributed by atoms with Crippen molar-refractivity contribution in [2.24, 2.45) is 11.8 Å². The van der Waals surface area contributed by atoms with Crippen LogP contribution in [0.4, 0.5) is 0 Å². The van der Waals surface area contributed by atoms with Gasteiger partial charge in [0.15, 0.2) is 0 Å².